The van der Waals surface area contributed by atoms with Crippen LogP contribution < -0.4 is 5.32 Å². The van der Waals surface area contributed by atoms with E-state index in [2.05, 4.69) is 46.7 Å². The maximum Gasteiger partial charge on any atom is 0.148 e. The molecular weight excluding hydrogens is 210 g/mol. The first-order valence-electron chi connectivity index (χ1n) is 6.00. The van der Waals surface area contributed by atoms with Crippen LogP contribution in [0.1, 0.15) is 19.4 Å². The second kappa shape index (κ2) is 5.43. The third-order valence-corrected chi connectivity index (χ3v) is 2.68. The van der Waals surface area contributed by atoms with Crippen LogP contribution in [0.5, 0.6) is 0 Å². The Morgan fingerprint density at radius 3 is 2.24 bits per heavy atom. The Morgan fingerprint density at radius 2 is 1.71 bits per heavy atom. The number of aryl methyl sites for hydroxylation is 1. The fraction of sp³-hybridized carbons (Fsp3) is 0.286. The molecule has 0 bridgehead atoms. The summed E-state index contributed by atoms with van der Waals surface area (Å²) in [6.45, 7) is 5.05. The van der Waals surface area contributed by atoms with Crippen LogP contribution in [-0.2, 0) is 6.42 Å². The lowest BCUT2D eigenvalue weighted by Gasteiger charge is -2.04. The predicted octanol–water partition coefficient (Wildman–Crippen LogP) is 3.14. The third-order valence-electron chi connectivity index (χ3n) is 2.68. The molecule has 3 nitrogen and oxygen atoms in total. The molecule has 1 aromatic carbocycles. The number of hydrogen-bond acceptors (Lipinski definition) is 3. The Morgan fingerprint density at radius 1 is 0.941 bits per heavy atom. The summed E-state index contributed by atoms with van der Waals surface area (Å²) in [5, 5.41) is 11.5. The van der Waals surface area contributed by atoms with Crippen LogP contribution in [0, 0.1) is 0 Å². The van der Waals surface area contributed by atoms with Crippen molar-refractivity contribution in [3.63, 3.8) is 0 Å². The molecule has 0 saturated heterocycles. The van der Waals surface area contributed by atoms with Gasteiger partial charge in [-0.3, -0.25) is 0 Å². The van der Waals surface area contributed by atoms with Gasteiger partial charge in [0.25, 0.3) is 0 Å². The minimum absolute atomic E-state index is 0.821. The van der Waals surface area contributed by atoms with Crippen molar-refractivity contribution in [2.75, 3.05) is 11.9 Å². The van der Waals surface area contributed by atoms with E-state index >= 15 is 0 Å². The topological polar surface area (TPSA) is 37.8 Å². The highest BCUT2D eigenvalue weighted by Crippen LogP contribution is 2.17. The highest BCUT2D eigenvalue weighted by atomic mass is 15.2. The van der Waals surface area contributed by atoms with E-state index in [1.807, 2.05) is 19.1 Å². The highest BCUT2D eigenvalue weighted by molar-refractivity contribution is 5.59. The van der Waals surface area contributed by atoms with Gasteiger partial charge in [-0.25, -0.2) is 0 Å². The fourth-order valence-corrected chi connectivity index (χ4v) is 1.67. The van der Waals surface area contributed by atoms with E-state index in [4.69, 9.17) is 0 Å². The molecule has 17 heavy (non-hydrogen) atoms. The van der Waals surface area contributed by atoms with Crippen molar-refractivity contribution in [3.05, 3.63) is 42.0 Å². The van der Waals surface area contributed by atoms with E-state index < -0.39 is 0 Å². The molecule has 0 amide bonds. The number of benzene rings is 1. The van der Waals surface area contributed by atoms with Crippen LogP contribution in [0.15, 0.2) is 36.4 Å². The molecule has 0 unspecified atom stereocenters. The first kappa shape index (κ1) is 11.6. The smallest absolute Gasteiger partial charge is 0.148 e. The summed E-state index contributed by atoms with van der Waals surface area (Å²) in [5.74, 6) is 0.821. The Hall–Kier alpha value is -1.90. The van der Waals surface area contributed by atoms with Gasteiger partial charge in [-0.15, -0.1) is 10.2 Å². The monoisotopic (exact) mass is 227 g/mol. The number of hydrogen-bond donors (Lipinski definition) is 1. The minimum Gasteiger partial charge on any atom is -0.369 e. The first-order valence-corrected chi connectivity index (χ1v) is 6.00. The average Bonchev–Trinajstić information content (AvgIpc) is 2.40. The van der Waals surface area contributed by atoms with Gasteiger partial charge in [-0.2, -0.15) is 0 Å². The van der Waals surface area contributed by atoms with Crippen molar-refractivity contribution in [1.29, 1.82) is 0 Å². The second-order valence-electron chi connectivity index (χ2n) is 3.88. The van der Waals surface area contributed by atoms with Gasteiger partial charge in [0.2, 0.25) is 0 Å². The van der Waals surface area contributed by atoms with Crippen LogP contribution in [0.2, 0.25) is 0 Å². The summed E-state index contributed by atoms with van der Waals surface area (Å²) in [6.07, 6.45) is 1.06. The Labute approximate surface area is 102 Å². The largest absolute Gasteiger partial charge is 0.369 e. The van der Waals surface area contributed by atoms with Crippen molar-refractivity contribution in [1.82, 2.24) is 10.2 Å². The molecule has 0 aliphatic heterocycles. The van der Waals surface area contributed by atoms with E-state index in [1.165, 1.54) is 5.56 Å². The quantitative estimate of drug-likeness (QED) is 0.872. The summed E-state index contributed by atoms with van der Waals surface area (Å²) >= 11 is 0. The van der Waals surface area contributed by atoms with E-state index in [0.29, 0.717) is 0 Å². The van der Waals surface area contributed by atoms with Crippen LogP contribution in [-0.4, -0.2) is 16.7 Å². The number of nitrogens with zero attached hydrogens (tertiary/aromatic N) is 2. The predicted molar refractivity (Wildman–Crippen MR) is 71.0 cm³/mol. The molecule has 0 atom stereocenters. The normalized spacial score (nSPS) is 10.2. The Balaban J connectivity index is 2.20. The molecule has 0 aliphatic rings. The molecule has 0 spiro atoms. The third kappa shape index (κ3) is 2.81. The van der Waals surface area contributed by atoms with Gasteiger partial charge in [0.05, 0.1) is 5.69 Å². The van der Waals surface area contributed by atoms with E-state index in [9.17, 15) is 0 Å². The van der Waals surface area contributed by atoms with E-state index in [0.717, 1.165) is 30.0 Å². The molecular formula is C14H17N3. The lowest BCUT2D eigenvalue weighted by Crippen LogP contribution is -2.00. The van der Waals surface area contributed by atoms with Gasteiger partial charge < -0.3 is 5.32 Å². The zero-order chi connectivity index (χ0) is 12.1. The van der Waals surface area contributed by atoms with Gasteiger partial charge in [0, 0.05) is 12.1 Å². The Bertz CT molecular complexity index is 460. The molecule has 2 rings (SSSR count). The molecule has 0 aliphatic carbocycles. The number of anilines is 1. The van der Waals surface area contributed by atoms with Crippen LogP contribution in [0.25, 0.3) is 11.3 Å². The number of rotatable bonds is 4. The summed E-state index contributed by atoms with van der Waals surface area (Å²) in [5.41, 5.74) is 3.36. The minimum atomic E-state index is 0.821. The van der Waals surface area contributed by atoms with Crippen molar-refractivity contribution >= 4 is 5.82 Å². The van der Waals surface area contributed by atoms with Crippen molar-refractivity contribution in [2.24, 2.45) is 0 Å². The molecule has 1 aromatic heterocycles. The molecule has 2 aromatic rings. The summed E-state index contributed by atoms with van der Waals surface area (Å²) < 4.78 is 0. The van der Waals surface area contributed by atoms with Crippen LogP contribution >= 0.6 is 0 Å². The molecule has 0 radical (unpaired) electrons. The van der Waals surface area contributed by atoms with E-state index in [1.54, 1.807) is 0 Å². The van der Waals surface area contributed by atoms with Crippen molar-refractivity contribution < 1.29 is 0 Å². The molecule has 1 heterocycles. The molecule has 3 heteroatoms. The van der Waals surface area contributed by atoms with Crippen LogP contribution in [0.4, 0.5) is 5.82 Å². The standard InChI is InChI=1S/C14H17N3/c1-3-11-5-7-12(8-6-11)13-9-10-14(15-4-2)17-16-13/h5-10H,3-4H2,1-2H3,(H,15,17). The summed E-state index contributed by atoms with van der Waals surface area (Å²) in [6, 6.07) is 12.4. The molecule has 88 valence electrons. The summed E-state index contributed by atoms with van der Waals surface area (Å²) in [7, 11) is 0. The lowest BCUT2D eigenvalue weighted by molar-refractivity contribution is 1.02. The lowest BCUT2D eigenvalue weighted by atomic mass is 10.1. The SMILES string of the molecule is CCNc1ccc(-c2ccc(CC)cc2)nn1. The zero-order valence-corrected chi connectivity index (χ0v) is 10.3. The Kier molecular flexibility index (Phi) is 3.70. The molecule has 1 N–H and O–H groups in total. The zero-order valence-electron chi connectivity index (χ0n) is 10.3. The van der Waals surface area contributed by atoms with Crippen molar-refractivity contribution in [2.45, 2.75) is 20.3 Å². The molecule has 0 fully saturated rings. The maximum atomic E-state index is 4.21. The van der Waals surface area contributed by atoms with E-state index in [-0.39, 0.29) is 0 Å². The fourth-order valence-electron chi connectivity index (χ4n) is 1.67. The second-order valence-corrected chi connectivity index (χ2v) is 3.88. The van der Waals surface area contributed by atoms with Gasteiger partial charge in [0.15, 0.2) is 0 Å². The first-order chi connectivity index (χ1) is 8.33. The highest BCUT2D eigenvalue weighted by Gasteiger charge is 2.00. The summed E-state index contributed by atoms with van der Waals surface area (Å²) in [4.78, 5) is 0. The van der Waals surface area contributed by atoms with Crippen LogP contribution in [0.3, 0.4) is 0 Å². The number of aromatic nitrogens is 2. The van der Waals surface area contributed by atoms with Gasteiger partial charge in [-0.1, -0.05) is 31.2 Å². The van der Waals surface area contributed by atoms with Gasteiger partial charge >= 0.3 is 0 Å². The maximum absolute atomic E-state index is 4.21. The molecule has 0 saturated carbocycles. The average molecular weight is 227 g/mol. The van der Waals surface area contributed by atoms with Gasteiger partial charge in [-0.05, 0) is 31.0 Å². The van der Waals surface area contributed by atoms with Crippen molar-refractivity contribution in [3.8, 4) is 11.3 Å². The number of nitrogens with one attached hydrogen (secondary N) is 1. The van der Waals surface area contributed by atoms with Gasteiger partial charge in [0.1, 0.15) is 5.82 Å².